The van der Waals surface area contributed by atoms with Crippen molar-refractivity contribution in [2.75, 3.05) is 13.1 Å². The van der Waals surface area contributed by atoms with Gasteiger partial charge in [-0.1, -0.05) is 30.3 Å². The van der Waals surface area contributed by atoms with E-state index in [-0.39, 0.29) is 23.9 Å². The van der Waals surface area contributed by atoms with Gasteiger partial charge >= 0.3 is 6.03 Å². The Morgan fingerprint density at radius 2 is 1.91 bits per heavy atom. The fourth-order valence-electron chi connectivity index (χ4n) is 3.69. The molecule has 0 radical (unpaired) electrons. The topological polar surface area (TPSA) is 95.7 Å². The average molecular weight is 314 g/mol. The summed E-state index contributed by atoms with van der Waals surface area (Å²) in [6.45, 7) is 0.666. The van der Waals surface area contributed by atoms with Crippen LogP contribution in [0.4, 0.5) is 4.79 Å². The fraction of sp³-hybridized carbons (Fsp3) is 0.438. The number of primary amides is 1. The Hall–Kier alpha value is -2.41. The zero-order valence-corrected chi connectivity index (χ0v) is 12.5. The third-order valence-electron chi connectivity index (χ3n) is 4.94. The van der Waals surface area contributed by atoms with Crippen molar-refractivity contribution in [3.63, 3.8) is 0 Å². The van der Waals surface area contributed by atoms with Gasteiger partial charge in [0.05, 0.1) is 0 Å². The van der Waals surface area contributed by atoms with E-state index in [1.807, 2.05) is 30.3 Å². The van der Waals surface area contributed by atoms with E-state index >= 15 is 0 Å². The lowest BCUT2D eigenvalue weighted by Crippen LogP contribution is -2.61. The first-order valence-electron chi connectivity index (χ1n) is 7.80. The van der Waals surface area contributed by atoms with Crippen LogP contribution < -0.4 is 11.1 Å². The maximum absolute atomic E-state index is 12.7. The third kappa shape index (κ3) is 2.11. The summed E-state index contributed by atoms with van der Waals surface area (Å²) < 4.78 is 0. The first kappa shape index (κ1) is 14.2. The Morgan fingerprint density at radius 1 is 1.17 bits per heavy atom. The Bertz CT molecular complexity index is 677. The van der Waals surface area contributed by atoms with E-state index in [0.29, 0.717) is 13.1 Å². The molecule has 7 heteroatoms. The summed E-state index contributed by atoms with van der Waals surface area (Å²) in [7, 11) is 0. The van der Waals surface area contributed by atoms with E-state index in [2.05, 4.69) is 5.32 Å². The highest BCUT2D eigenvalue weighted by Gasteiger charge is 2.58. The molecule has 4 atom stereocenters. The van der Waals surface area contributed by atoms with Gasteiger partial charge in [-0.05, 0) is 12.0 Å². The molecule has 2 heterocycles. The maximum atomic E-state index is 12.7. The standard InChI is InChI=1S/C16H18N4O3/c17-14(21)12-7-18-8-13-15(22)20(16(23)19(12)13)11-6-10(11)9-4-2-1-3-5-9/h1-5,10-13,18H,6-8H2,(H2,17,21)/t10-,11+,12?,13?/m1/s1. The van der Waals surface area contributed by atoms with Crippen molar-refractivity contribution in [1.82, 2.24) is 15.1 Å². The first-order valence-corrected chi connectivity index (χ1v) is 7.80. The van der Waals surface area contributed by atoms with Crippen LogP contribution in [0.15, 0.2) is 30.3 Å². The van der Waals surface area contributed by atoms with E-state index < -0.39 is 18.0 Å². The molecule has 0 spiro atoms. The van der Waals surface area contributed by atoms with Crippen molar-refractivity contribution in [2.24, 2.45) is 5.73 Å². The lowest BCUT2D eigenvalue weighted by atomic mass is 10.1. The van der Waals surface area contributed by atoms with Crippen LogP contribution >= 0.6 is 0 Å². The molecule has 1 aliphatic carbocycles. The summed E-state index contributed by atoms with van der Waals surface area (Å²) in [6.07, 6.45) is 0.775. The van der Waals surface area contributed by atoms with Crippen LogP contribution in [0.5, 0.6) is 0 Å². The summed E-state index contributed by atoms with van der Waals surface area (Å²) in [5.74, 6) is -0.622. The normalized spacial score (nSPS) is 32.9. The smallest absolute Gasteiger partial charge is 0.328 e. The number of hydrogen-bond acceptors (Lipinski definition) is 4. The minimum absolute atomic E-state index is 0.114. The number of rotatable bonds is 3. The molecule has 0 bridgehead atoms. The van der Waals surface area contributed by atoms with Crippen molar-refractivity contribution in [3.05, 3.63) is 35.9 Å². The van der Waals surface area contributed by atoms with Crippen LogP contribution in [0, 0.1) is 0 Å². The number of urea groups is 1. The molecule has 2 unspecified atom stereocenters. The molecule has 3 N–H and O–H groups in total. The number of fused-ring (bicyclic) bond motifs is 1. The van der Waals surface area contributed by atoms with Crippen molar-refractivity contribution < 1.29 is 14.4 Å². The summed E-state index contributed by atoms with van der Waals surface area (Å²) in [4.78, 5) is 39.7. The van der Waals surface area contributed by atoms with E-state index in [9.17, 15) is 14.4 Å². The predicted octanol–water partition coefficient (Wildman–Crippen LogP) is -0.368. The highest BCUT2D eigenvalue weighted by Crippen LogP contribution is 2.46. The van der Waals surface area contributed by atoms with Crippen molar-refractivity contribution in [2.45, 2.75) is 30.5 Å². The number of nitrogens with two attached hydrogens (primary N) is 1. The summed E-state index contributed by atoms with van der Waals surface area (Å²) >= 11 is 0. The number of hydrogen-bond donors (Lipinski definition) is 2. The predicted molar refractivity (Wildman–Crippen MR) is 81.3 cm³/mol. The number of nitrogens with zero attached hydrogens (tertiary/aromatic N) is 2. The van der Waals surface area contributed by atoms with Crippen molar-refractivity contribution >= 4 is 17.8 Å². The lowest BCUT2D eigenvalue weighted by Gasteiger charge is -2.33. The average Bonchev–Trinajstić information content (AvgIpc) is 3.30. The Labute approximate surface area is 133 Å². The number of amides is 4. The zero-order chi connectivity index (χ0) is 16.1. The second-order valence-corrected chi connectivity index (χ2v) is 6.31. The van der Waals surface area contributed by atoms with Crippen molar-refractivity contribution in [3.8, 4) is 0 Å². The SMILES string of the molecule is NC(=O)C1CNCC2C(=O)N([C@H]3C[C@@H]3c3ccccc3)C(=O)N12. The largest absolute Gasteiger partial charge is 0.368 e. The lowest BCUT2D eigenvalue weighted by molar-refractivity contribution is -0.130. The number of imide groups is 1. The van der Waals surface area contributed by atoms with Gasteiger partial charge in [0.15, 0.2) is 0 Å². The molecule has 120 valence electrons. The zero-order valence-electron chi connectivity index (χ0n) is 12.5. The first-order chi connectivity index (χ1) is 11.1. The van der Waals surface area contributed by atoms with Gasteiger partial charge in [-0.25, -0.2) is 4.79 Å². The van der Waals surface area contributed by atoms with E-state index in [1.54, 1.807) is 0 Å². The molecule has 0 aromatic heterocycles. The Kier molecular flexibility index (Phi) is 3.12. The monoisotopic (exact) mass is 314 g/mol. The Balaban J connectivity index is 1.58. The molecule has 7 nitrogen and oxygen atoms in total. The second kappa shape index (κ2) is 5.06. The van der Waals surface area contributed by atoms with Gasteiger partial charge in [-0.2, -0.15) is 0 Å². The highest BCUT2D eigenvalue weighted by molar-refractivity contribution is 6.07. The molecule has 1 aromatic rings. The molecule has 23 heavy (non-hydrogen) atoms. The molecule has 1 saturated carbocycles. The minimum Gasteiger partial charge on any atom is -0.368 e. The summed E-state index contributed by atoms with van der Waals surface area (Å²) in [6, 6.07) is 7.99. The number of carbonyl (C=O) groups excluding carboxylic acids is 3. The quantitative estimate of drug-likeness (QED) is 0.744. The minimum atomic E-state index is -0.760. The van der Waals surface area contributed by atoms with Gasteiger partial charge in [0.2, 0.25) is 5.91 Å². The van der Waals surface area contributed by atoms with Gasteiger partial charge in [0.25, 0.3) is 5.91 Å². The van der Waals surface area contributed by atoms with Crippen LogP contribution in [-0.2, 0) is 9.59 Å². The number of nitrogens with one attached hydrogen (secondary N) is 1. The molecule has 3 fully saturated rings. The molecular formula is C16H18N4O3. The molecule has 3 aliphatic rings. The van der Waals surface area contributed by atoms with Crippen molar-refractivity contribution in [1.29, 1.82) is 0 Å². The van der Waals surface area contributed by atoms with E-state index in [0.717, 1.165) is 12.0 Å². The van der Waals surface area contributed by atoms with Crippen LogP contribution in [0.3, 0.4) is 0 Å². The number of piperazine rings is 1. The van der Waals surface area contributed by atoms with E-state index in [1.165, 1.54) is 9.80 Å². The second-order valence-electron chi connectivity index (χ2n) is 6.31. The fourth-order valence-corrected chi connectivity index (χ4v) is 3.69. The molecular weight excluding hydrogens is 296 g/mol. The molecule has 2 saturated heterocycles. The maximum Gasteiger partial charge on any atom is 0.328 e. The van der Waals surface area contributed by atoms with E-state index in [4.69, 9.17) is 5.73 Å². The van der Waals surface area contributed by atoms with Gasteiger partial charge < -0.3 is 11.1 Å². The summed E-state index contributed by atoms with van der Waals surface area (Å²) in [5, 5.41) is 3.02. The van der Waals surface area contributed by atoms with Crippen LogP contribution in [0.25, 0.3) is 0 Å². The molecule has 2 aliphatic heterocycles. The highest BCUT2D eigenvalue weighted by atomic mass is 16.2. The Morgan fingerprint density at radius 3 is 2.61 bits per heavy atom. The third-order valence-corrected chi connectivity index (χ3v) is 4.94. The summed E-state index contributed by atoms with van der Waals surface area (Å²) in [5.41, 5.74) is 6.52. The van der Waals surface area contributed by atoms with Gasteiger partial charge in [-0.3, -0.25) is 19.4 Å². The van der Waals surface area contributed by atoms with Gasteiger partial charge in [0, 0.05) is 25.0 Å². The molecule has 1 aromatic carbocycles. The number of carbonyl (C=O) groups is 3. The van der Waals surface area contributed by atoms with Crippen LogP contribution in [-0.4, -0.2) is 58.9 Å². The molecule has 4 amide bonds. The van der Waals surface area contributed by atoms with Gasteiger partial charge in [0.1, 0.15) is 12.1 Å². The van der Waals surface area contributed by atoms with Crippen LogP contribution in [0.1, 0.15) is 17.9 Å². The van der Waals surface area contributed by atoms with Gasteiger partial charge in [-0.15, -0.1) is 0 Å². The molecule has 4 rings (SSSR count). The van der Waals surface area contributed by atoms with Crippen LogP contribution in [0.2, 0.25) is 0 Å². The number of benzene rings is 1.